The summed E-state index contributed by atoms with van der Waals surface area (Å²) in [4.78, 5) is 4.72. The normalized spacial score (nSPS) is 16.6. The van der Waals surface area contributed by atoms with Gasteiger partial charge < -0.3 is 9.88 Å². The van der Waals surface area contributed by atoms with E-state index in [1.807, 2.05) is 6.20 Å². The van der Waals surface area contributed by atoms with Crippen molar-refractivity contribution in [3.05, 3.63) is 41.3 Å². The lowest BCUT2D eigenvalue weighted by Gasteiger charge is -2.22. The molecule has 0 aliphatic carbocycles. The Morgan fingerprint density at radius 3 is 2.70 bits per heavy atom. The Balaban J connectivity index is 1.99. The highest BCUT2D eigenvalue weighted by Gasteiger charge is 2.21. The molecule has 1 fully saturated rings. The molecular formula is C17H23N3. The Labute approximate surface area is 121 Å². The summed E-state index contributed by atoms with van der Waals surface area (Å²) < 4.78 is 2.29. The summed E-state index contributed by atoms with van der Waals surface area (Å²) in [6.07, 6.45) is 4.42. The molecule has 1 aromatic heterocycles. The average Bonchev–Trinajstić information content (AvgIpc) is 2.84. The van der Waals surface area contributed by atoms with E-state index in [1.165, 1.54) is 41.1 Å². The smallest absolute Gasteiger partial charge is 0.112 e. The van der Waals surface area contributed by atoms with Gasteiger partial charge >= 0.3 is 0 Å². The van der Waals surface area contributed by atoms with Gasteiger partial charge in [0.1, 0.15) is 5.82 Å². The molecule has 0 spiro atoms. The first-order chi connectivity index (χ1) is 9.66. The number of benzene rings is 1. The molecule has 1 aromatic carbocycles. The van der Waals surface area contributed by atoms with Gasteiger partial charge in [0.2, 0.25) is 0 Å². The monoisotopic (exact) mass is 269 g/mol. The maximum atomic E-state index is 4.72. The van der Waals surface area contributed by atoms with Crippen LogP contribution in [0.2, 0.25) is 0 Å². The van der Waals surface area contributed by atoms with Crippen molar-refractivity contribution in [2.75, 3.05) is 13.1 Å². The molecule has 1 aliphatic heterocycles. The molecule has 3 nitrogen and oxygen atoms in total. The molecule has 0 bridgehead atoms. The van der Waals surface area contributed by atoms with Crippen molar-refractivity contribution in [1.82, 2.24) is 14.9 Å². The molecule has 2 heterocycles. The highest BCUT2D eigenvalue weighted by Crippen LogP contribution is 2.30. The molecule has 0 saturated carbocycles. The van der Waals surface area contributed by atoms with Gasteiger partial charge in [-0.05, 0) is 51.4 Å². The second-order valence-corrected chi connectivity index (χ2v) is 5.90. The minimum atomic E-state index is 0.597. The van der Waals surface area contributed by atoms with Crippen molar-refractivity contribution in [2.45, 2.75) is 32.6 Å². The molecule has 20 heavy (non-hydrogen) atoms. The third kappa shape index (κ3) is 2.38. The number of aryl methyl sites for hydroxylation is 2. The molecule has 0 amide bonds. The number of imidazole rings is 1. The molecule has 0 unspecified atom stereocenters. The quantitative estimate of drug-likeness (QED) is 0.907. The molecule has 3 heteroatoms. The Morgan fingerprint density at radius 2 is 1.95 bits per heavy atom. The lowest BCUT2D eigenvalue weighted by atomic mass is 9.97. The van der Waals surface area contributed by atoms with E-state index in [0.29, 0.717) is 5.92 Å². The molecular weight excluding hydrogens is 246 g/mol. The molecule has 1 N–H and O–H groups in total. The predicted molar refractivity (Wildman–Crippen MR) is 83.0 cm³/mol. The van der Waals surface area contributed by atoms with Gasteiger partial charge in [-0.1, -0.05) is 17.7 Å². The van der Waals surface area contributed by atoms with Crippen molar-refractivity contribution >= 4 is 0 Å². The number of hydrogen-bond donors (Lipinski definition) is 1. The molecule has 3 rings (SSSR count). The number of nitrogens with one attached hydrogen (secondary N) is 1. The van der Waals surface area contributed by atoms with Gasteiger partial charge in [-0.3, -0.25) is 0 Å². The lowest BCUT2D eigenvalue weighted by Crippen LogP contribution is -2.27. The second kappa shape index (κ2) is 5.41. The summed E-state index contributed by atoms with van der Waals surface area (Å²) >= 11 is 0. The van der Waals surface area contributed by atoms with E-state index >= 15 is 0 Å². The number of rotatable bonds is 2. The van der Waals surface area contributed by atoms with Crippen LogP contribution < -0.4 is 5.32 Å². The summed E-state index contributed by atoms with van der Waals surface area (Å²) in [5.74, 6) is 1.84. The van der Waals surface area contributed by atoms with E-state index in [-0.39, 0.29) is 0 Å². The Kier molecular flexibility index (Phi) is 3.62. The predicted octanol–water partition coefficient (Wildman–Crippen LogP) is 3.17. The fourth-order valence-electron chi connectivity index (χ4n) is 3.15. The first-order valence-corrected chi connectivity index (χ1v) is 7.47. The topological polar surface area (TPSA) is 29.9 Å². The summed E-state index contributed by atoms with van der Waals surface area (Å²) in [6, 6.07) is 6.63. The molecule has 0 atom stereocenters. The van der Waals surface area contributed by atoms with E-state index in [2.05, 4.69) is 49.0 Å². The lowest BCUT2D eigenvalue weighted by molar-refractivity contribution is 0.437. The molecule has 1 aliphatic rings. The summed E-state index contributed by atoms with van der Waals surface area (Å²) in [7, 11) is 2.15. The molecule has 0 radical (unpaired) electrons. The fourth-order valence-corrected chi connectivity index (χ4v) is 3.15. The van der Waals surface area contributed by atoms with Crippen molar-refractivity contribution in [3.8, 4) is 11.3 Å². The standard InChI is InChI=1S/C17H23N3/c1-12-4-5-13(2)15(10-12)16-11-19-17(20(16)3)14-6-8-18-9-7-14/h4-5,10-11,14,18H,6-9H2,1-3H3. The Hall–Kier alpha value is -1.61. The largest absolute Gasteiger partial charge is 0.331 e. The number of piperidine rings is 1. The zero-order valence-corrected chi connectivity index (χ0v) is 12.6. The van der Waals surface area contributed by atoms with Crippen LogP contribution >= 0.6 is 0 Å². The van der Waals surface area contributed by atoms with Crippen molar-refractivity contribution < 1.29 is 0 Å². The van der Waals surface area contributed by atoms with E-state index in [9.17, 15) is 0 Å². The van der Waals surface area contributed by atoms with Crippen molar-refractivity contribution in [2.24, 2.45) is 7.05 Å². The van der Waals surface area contributed by atoms with Crippen LogP contribution in [0.15, 0.2) is 24.4 Å². The highest BCUT2D eigenvalue weighted by atomic mass is 15.1. The van der Waals surface area contributed by atoms with Gasteiger partial charge in [0, 0.05) is 18.5 Å². The van der Waals surface area contributed by atoms with E-state index in [0.717, 1.165) is 13.1 Å². The van der Waals surface area contributed by atoms with Gasteiger partial charge in [0.05, 0.1) is 11.9 Å². The zero-order chi connectivity index (χ0) is 14.1. The SMILES string of the molecule is Cc1ccc(C)c(-c2cnc(C3CCNCC3)n2C)c1. The highest BCUT2D eigenvalue weighted by molar-refractivity contribution is 5.64. The second-order valence-electron chi connectivity index (χ2n) is 5.90. The van der Waals surface area contributed by atoms with Crippen LogP contribution in [0.5, 0.6) is 0 Å². The van der Waals surface area contributed by atoms with Gasteiger partial charge in [-0.2, -0.15) is 0 Å². The number of aromatic nitrogens is 2. The average molecular weight is 269 g/mol. The summed E-state index contributed by atoms with van der Waals surface area (Å²) in [6.45, 7) is 6.53. The van der Waals surface area contributed by atoms with Gasteiger partial charge in [0.25, 0.3) is 0 Å². The maximum absolute atomic E-state index is 4.72. The van der Waals surface area contributed by atoms with Crippen LogP contribution in [0, 0.1) is 13.8 Å². The third-order valence-electron chi connectivity index (χ3n) is 4.40. The summed E-state index contributed by atoms with van der Waals surface area (Å²) in [5, 5.41) is 3.42. The minimum absolute atomic E-state index is 0.597. The van der Waals surface area contributed by atoms with Crippen LogP contribution in [-0.4, -0.2) is 22.6 Å². The molecule has 106 valence electrons. The number of hydrogen-bond acceptors (Lipinski definition) is 2. The van der Waals surface area contributed by atoms with Crippen LogP contribution in [0.25, 0.3) is 11.3 Å². The van der Waals surface area contributed by atoms with E-state index in [4.69, 9.17) is 4.98 Å². The first kappa shape index (κ1) is 13.4. The van der Waals surface area contributed by atoms with Gasteiger partial charge in [-0.15, -0.1) is 0 Å². The zero-order valence-electron chi connectivity index (χ0n) is 12.6. The Bertz CT molecular complexity index is 607. The summed E-state index contributed by atoms with van der Waals surface area (Å²) in [5.41, 5.74) is 5.16. The van der Waals surface area contributed by atoms with Crippen LogP contribution in [-0.2, 0) is 7.05 Å². The van der Waals surface area contributed by atoms with E-state index in [1.54, 1.807) is 0 Å². The van der Waals surface area contributed by atoms with E-state index < -0.39 is 0 Å². The van der Waals surface area contributed by atoms with Crippen LogP contribution in [0.4, 0.5) is 0 Å². The number of nitrogens with zero attached hydrogens (tertiary/aromatic N) is 2. The maximum Gasteiger partial charge on any atom is 0.112 e. The molecule has 2 aromatic rings. The van der Waals surface area contributed by atoms with Crippen molar-refractivity contribution in [3.63, 3.8) is 0 Å². The Morgan fingerprint density at radius 1 is 1.20 bits per heavy atom. The van der Waals surface area contributed by atoms with Crippen LogP contribution in [0.3, 0.4) is 0 Å². The van der Waals surface area contributed by atoms with Crippen LogP contribution in [0.1, 0.15) is 35.7 Å². The van der Waals surface area contributed by atoms with Gasteiger partial charge in [-0.25, -0.2) is 4.98 Å². The third-order valence-corrected chi connectivity index (χ3v) is 4.40. The van der Waals surface area contributed by atoms with Crippen molar-refractivity contribution in [1.29, 1.82) is 0 Å². The fraction of sp³-hybridized carbons (Fsp3) is 0.471. The first-order valence-electron chi connectivity index (χ1n) is 7.47. The molecule has 1 saturated heterocycles. The van der Waals surface area contributed by atoms with Gasteiger partial charge in [0.15, 0.2) is 0 Å². The minimum Gasteiger partial charge on any atom is -0.331 e.